The van der Waals surface area contributed by atoms with Gasteiger partial charge in [-0.3, -0.25) is 9.69 Å². The van der Waals surface area contributed by atoms with E-state index < -0.39 is 0 Å². The lowest BCUT2D eigenvalue weighted by molar-refractivity contribution is 0.0398. The van der Waals surface area contributed by atoms with E-state index in [9.17, 15) is 4.79 Å². The number of rotatable bonds is 6. The largest absolute Gasteiger partial charge is 0.454 e. The Labute approximate surface area is 156 Å². The van der Waals surface area contributed by atoms with Gasteiger partial charge in [-0.2, -0.15) is 0 Å². The first kappa shape index (κ1) is 17.5. The topological polar surface area (TPSA) is 97.8 Å². The first-order chi connectivity index (χ1) is 13.3. The van der Waals surface area contributed by atoms with Gasteiger partial charge in [-0.15, -0.1) is 0 Å². The lowest BCUT2D eigenvalue weighted by Crippen LogP contribution is -2.39. The highest BCUT2D eigenvalue weighted by molar-refractivity contribution is 6.02. The lowest BCUT2D eigenvalue weighted by Gasteiger charge is -2.26. The van der Waals surface area contributed by atoms with Crippen molar-refractivity contribution in [2.75, 3.05) is 56.8 Å². The van der Waals surface area contributed by atoms with Gasteiger partial charge in [-0.1, -0.05) is 0 Å². The predicted octanol–water partition coefficient (Wildman–Crippen LogP) is 1.20. The number of fused-ring (bicyclic) bond motifs is 1. The van der Waals surface area contributed by atoms with Crippen LogP contribution in [0.3, 0.4) is 0 Å². The van der Waals surface area contributed by atoms with E-state index in [1.807, 2.05) is 0 Å². The summed E-state index contributed by atoms with van der Waals surface area (Å²) in [5, 5.41) is 6.00. The number of hydrogen-bond donors (Lipinski definition) is 2. The van der Waals surface area contributed by atoms with Crippen molar-refractivity contribution in [3.8, 4) is 11.5 Å². The minimum Gasteiger partial charge on any atom is -0.454 e. The molecule has 9 heteroatoms. The van der Waals surface area contributed by atoms with Gasteiger partial charge in [0.1, 0.15) is 11.5 Å². The van der Waals surface area contributed by atoms with E-state index in [0.29, 0.717) is 23.0 Å². The smallest absolute Gasteiger partial charge is 0.275 e. The third-order valence-electron chi connectivity index (χ3n) is 4.35. The molecule has 0 aliphatic carbocycles. The highest BCUT2D eigenvalue weighted by atomic mass is 16.7. The molecule has 0 spiro atoms. The van der Waals surface area contributed by atoms with Crippen molar-refractivity contribution in [3.05, 3.63) is 36.3 Å². The van der Waals surface area contributed by atoms with Gasteiger partial charge < -0.3 is 24.8 Å². The number of amides is 1. The second-order valence-corrected chi connectivity index (χ2v) is 6.19. The molecule has 9 nitrogen and oxygen atoms in total. The maximum absolute atomic E-state index is 12.3. The molecule has 0 unspecified atom stereocenters. The van der Waals surface area contributed by atoms with Crippen LogP contribution >= 0.6 is 0 Å². The van der Waals surface area contributed by atoms with Crippen molar-refractivity contribution in [2.24, 2.45) is 0 Å². The summed E-state index contributed by atoms with van der Waals surface area (Å²) in [7, 11) is 0. The average Bonchev–Trinajstić information content (AvgIpc) is 3.17. The molecule has 142 valence electrons. The van der Waals surface area contributed by atoms with E-state index in [2.05, 4.69) is 25.5 Å². The summed E-state index contributed by atoms with van der Waals surface area (Å²) in [6, 6.07) is 5.22. The summed E-state index contributed by atoms with van der Waals surface area (Å²) >= 11 is 0. The van der Waals surface area contributed by atoms with Crippen molar-refractivity contribution < 1.29 is 19.0 Å². The first-order valence-corrected chi connectivity index (χ1v) is 8.85. The van der Waals surface area contributed by atoms with Crippen molar-refractivity contribution in [2.45, 2.75) is 0 Å². The molecule has 1 amide bonds. The van der Waals surface area contributed by atoms with Crippen molar-refractivity contribution in [3.63, 3.8) is 0 Å². The number of anilines is 2. The maximum Gasteiger partial charge on any atom is 0.275 e. The van der Waals surface area contributed by atoms with Crippen molar-refractivity contribution >= 4 is 17.4 Å². The first-order valence-electron chi connectivity index (χ1n) is 8.85. The summed E-state index contributed by atoms with van der Waals surface area (Å²) in [5.41, 5.74) is 0.852. The van der Waals surface area contributed by atoms with Crippen LogP contribution < -0.4 is 20.1 Å². The average molecular weight is 371 g/mol. The third-order valence-corrected chi connectivity index (χ3v) is 4.35. The summed E-state index contributed by atoms with van der Waals surface area (Å²) in [6.07, 6.45) is 3.02. The molecular weight excluding hydrogens is 350 g/mol. The molecule has 0 bridgehead atoms. The molecule has 2 N–H and O–H groups in total. The fourth-order valence-electron chi connectivity index (χ4n) is 2.87. The molecule has 2 aromatic rings. The highest BCUT2D eigenvalue weighted by Crippen LogP contribution is 2.34. The molecule has 1 fully saturated rings. The number of nitrogens with one attached hydrogen (secondary N) is 2. The number of carbonyl (C=O) groups is 1. The zero-order valence-electron chi connectivity index (χ0n) is 14.8. The predicted molar refractivity (Wildman–Crippen MR) is 98.3 cm³/mol. The van der Waals surface area contributed by atoms with Crippen LogP contribution in [-0.4, -0.2) is 67.0 Å². The summed E-state index contributed by atoms with van der Waals surface area (Å²) < 4.78 is 15.9. The molecule has 1 saturated heterocycles. The lowest BCUT2D eigenvalue weighted by atomic mass is 10.2. The fourth-order valence-corrected chi connectivity index (χ4v) is 2.87. The zero-order chi connectivity index (χ0) is 18.5. The Balaban J connectivity index is 1.28. The van der Waals surface area contributed by atoms with Crippen LogP contribution in [0.5, 0.6) is 11.5 Å². The van der Waals surface area contributed by atoms with Crippen LogP contribution in [-0.2, 0) is 4.74 Å². The second-order valence-electron chi connectivity index (χ2n) is 6.19. The number of aromatic nitrogens is 2. The van der Waals surface area contributed by atoms with Crippen LogP contribution in [0.15, 0.2) is 30.6 Å². The minimum absolute atomic E-state index is 0.193. The van der Waals surface area contributed by atoms with Gasteiger partial charge in [0.05, 0.1) is 25.6 Å². The Hall–Kier alpha value is -2.91. The van der Waals surface area contributed by atoms with Gasteiger partial charge in [0.25, 0.3) is 5.91 Å². The van der Waals surface area contributed by atoms with E-state index in [0.717, 1.165) is 39.4 Å². The SMILES string of the molecule is O=C(Nc1ccc2c(c1)OCO2)c1cnc(NCCN2CCOCC2)cn1. The molecule has 4 rings (SSSR count). The Kier molecular flexibility index (Phi) is 5.31. The number of nitrogens with zero attached hydrogens (tertiary/aromatic N) is 3. The Morgan fingerprint density at radius 2 is 1.96 bits per heavy atom. The second kappa shape index (κ2) is 8.19. The molecule has 1 aromatic heterocycles. The summed E-state index contributed by atoms with van der Waals surface area (Å²) in [6.45, 7) is 5.34. The van der Waals surface area contributed by atoms with Gasteiger partial charge in [-0.05, 0) is 12.1 Å². The molecule has 3 heterocycles. The molecule has 0 radical (unpaired) electrons. The molecule has 0 saturated carbocycles. The Morgan fingerprint density at radius 3 is 2.78 bits per heavy atom. The highest BCUT2D eigenvalue weighted by Gasteiger charge is 2.15. The fraction of sp³-hybridized carbons (Fsp3) is 0.389. The molecule has 2 aliphatic heterocycles. The van der Waals surface area contributed by atoms with Gasteiger partial charge in [0.15, 0.2) is 11.5 Å². The van der Waals surface area contributed by atoms with Crippen LogP contribution in [0.1, 0.15) is 10.5 Å². The summed E-state index contributed by atoms with van der Waals surface area (Å²) in [5.74, 6) is 1.59. The van der Waals surface area contributed by atoms with Crippen LogP contribution in [0.4, 0.5) is 11.5 Å². The number of benzene rings is 1. The number of hydrogen-bond acceptors (Lipinski definition) is 8. The molecule has 27 heavy (non-hydrogen) atoms. The summed E-state index contributed by atoms with van der Waals surface area (Å²) in [4.78, 5) is 23.1. The Bertz CT molecular complexity index is 793. The number of carbonyl (C=O) groups excluding carboxylic acids is 1. The standard InChI is InChI=1S/C18H21N5O4/c24-18(22-13-1-2-15-16(9-13)27-12-26-15)14-10-21-17(11-20-14)19-3-4-23-5-7-25-8-6-23/h1-2,9-11H,3-8,12H2,(H,19,21)(H,22,24). The van der Waals surface area contributed by atoms with E-state index in [1.165, 1.54) is 6.20 Å². The van der Waals surface area contributed by atoms with Crippen molar-refractivity contribution in [1.29, 1.82) is 0 Å². The normalized spacial score (nSPS) is 16.1. The monoisotopic (exact) mass is 371 g/mol. The number of ether oxygens (including phenoxy) is 3. The molecule has 2 aliphatic rings. The van der Waals surface area contributed by atoms with Gasteiger partial charge >= 0.3 is 0 Å². The van der Waals surface area contributed by atoms with E-state index in [-0.39, 0.29) is 18.4 Å². The Morgan fingerprint density at radius 1 is 1.11 bits per heavy atom. The molecular formula is C18H21N5O4. The van der Waals surface area contributed by atoms with Gasteiger partial charge in [0, 0.05) is 37.9 Å². The van der Waals surface area contributed by atoms with Crippen molar-refractivity contribution in [1.82, 2.24) is 14.9 Å². The van der Waals surface area contributed by atoms with E-state index >= 15 is 0 Å². The van der Waals surface area contributed by atoms with Crippen LogP contribution in [0.25, 0.3) is 0 Å². The van der Waals surface area contributed by atoms with Gasteiger partial charge in [0.2, 0.25) is 6.79 Å². The molecule has 0 atom stereocenters. The van der Waals surface area contributed by atoms with E-state index in [1.54, 1.807) is 24.4 Å². The van der Waals surface area contributed by atoms with E-state index in [4.69, 9.17) is 14.2 Å². The number of morpholine rings is 1. The quantitative estimate of drug-likeness (QED) is 0.782. The molecule has 1 aromatic carbocycles. The zero-order valence-corrected chi connectivity index (χ0v) is 14.8. The third kappa shape index (κ3) is 4.44. The van der Waals surface area contributed by atoms with Crippen LogP contribution in [0.2, 0.25) is 0 Å². The van der Waals surface area contributed by atoms with Gasteiger partial charge in [-0.25, -0.2) is 9.97 Å². The van der Waals surface area contributed by atoms with Crippen LogP contribution in [0, 0.1) is 0 Å². The maximum atomic E-state index is 12.3. The minimum atomic E-state index is -0.332.